The lowest BCUT2D eigenvalue weighted by molar-refractivity contribution is 0.302. The minimum atomic E-state index is 0.430. The van der Waals surface area contributed by atoms with Crippen molar-refractivity contribution in [3.63, 3.8) is 0 Å². The quantitative estimate of drug-likeness (QED) is 0.832. The summed E-state index contributed by atoms with van der Waals surface area (Å²) in [7, 11) is 0. The molecule has 0 unspecified atom stereocenters. The first-order valence-electron chi connectivity index (χ1n) is 7.52. The predicted octanol–water partition coefficient (Wildman–Crippen LogP) is 5.01. The Balaban J connectivity index is 2.14. The van der Waals surface area contributed by atoms with E-state index in [4.69, 9.17) is 4.74 Å². The van der Waals surface area contributed by atoms with Gasteiger partial charge in [0.05, 0.1) is 0 Å². The molecule has 0 bridgehead atoms. The smallest absolute Gasteiger partial charge is 0.125 e. The molecule has 0 saturated carbocycles. The monoisotopic (exact) mass is 283 g/mol. The highest BCUT2D eigenvalue weighted by molar-refractivity contribution is 5.49. The minimum absolute atomic E-state index is 0.430. The molecule has 2 aromatic rings. The normalized spacial score (nSPS) is 10.8. The zero-order chi connectivity index (χ0) is 15.4. The zero-order valence-corrected chi connectivity index (χ0v) is 13.7. The second-order valence-corrected chi connectivity index (χ2v) is 6.02. The Hall–Kier alpha value is -1.96. The summed E-state index contributed by atoms with van der Waals surface area (Å²) < 4.78 is 6.04. The van der Waals surface area contributed by atoms with Crippen LogP contribution in [0.5, 0.6) is 5.75 Å². The largest absolute Gasteiger partial charge is 0.488 e. The summed E-state index contributed by atoms with van der Waals surface area (Å²) in [5, 5.41) is 3.45. The van der Waals surface area contributed by atoms with Crippen LogP contribution >= 0.6 is 0 Å². The van der Waals surface area contributed by atoms with Gasteiger partial charge in [0.2, 0.25) is 0 Å². The molecule has 0 fully saturated rings. The lowest BCUT2D eigenvalue weighted by Gasteiger charge is -2.15. The van der Waals surface area contributed by atoms with Crippen LogP contribution in [0.15, 0.2) is 36.4 Å². The zero-order valence-electron chi connectivity index (χ0n) is 13.7. The van der Waals surface area contributed by atoms with E-state index in [-0.39, 0.29) is 0 Å². The molecule has 2 rings (SSSR count). The number of anilines is 1. The highest BCUT2D eigenvalue weighted by atomic mass is 16.5. The highest BCUT2D eigenvalue weighted by Crippen LogP contribution is 2.24. The molecule has 0 atom stereocenters. The molecular formula is C19H25NO. The van der Waals surface area contributed by atoms with Crippen LogP contribution in [-0.4, -0.2) is 6.04 Å². The van der Waals surface area contributed by atoms with Crippen LogP contribution in [0.25, 0.3) is 0 Å². The summed E-state index contributed by atoms with van der Waals surface area (Å²) in [6, 6.07) is 13.2. The van der Waals surface area contributed by atoms with Crippen molar-refractivity contribution in [2.75, 3.05) is 5.32 Å². The van der Waals surface area contributed by atoms with Gasteiger partial charge in [-0.25, -0.2) is 0 Å². The number of rotatable bonds is 5. The Morgan fingerprint density at radius 2 is 1.67 bits per heavy atom. The molecule has 2 aromatic carbocycles. The number of nitrogens with one attached hydrogen (secondary N) is 1. The predicted molar refractivity (Wildman–Crippen MR) is 90.2 cm³/mol. The number of benzene rings is 2. The first-order chi connectivity index (χ1) is 9.95. The van der Waals surface area contributed by atoms with Gasteiger partial charge in [-0.05, 0) is 69.0 Å². The van der Waals surface area contributed by atoms with Crippen molar-refractivity contribution in [3.8, 4) is 5.75 Å². The van der Waals surface area contributed by atoms with Crippen molar-refractivity contribution in [2.45, 2.75) is 47.3 Å². The summed E-state index contributed by atoms with van der Waals surface area (Å²) in [6.07, 6.45) is 0. The summed E-state index contributed by atoms with van der Waals surface area (Å²) in [5.41, 5.74) is 5.97. The molecule has 21 heavy (non-hydrogen) atoms. The number of aryl methyl sites for hydroxylation is 3. The lowest BCUT2D eigenvalue weighted by atomic mass is 10.1. The van der Waals surface area contributed by atoms with E-state index < -0.39 is 0 Å². The maximum atomic E-state index is 6.04. The van der Waals surface area contributed by atoms with Crippen molar-refractivity contribution < 1.29 is 4.74 Å². The number of para-hydroxylation sites is 1. The van der Waals surface area contributed by atoms with Gasteiger partial charge in [-0.2, -0.15) is 0 Å². The molecule has 0 aromatic heterocycles. The van der Waals surface area contributed by atoms with E-state index in [1.54, 1.807) is 0 Å². The van der Waals surface area contributed by atoms with Crippen LogP contribution in [0.4, 0.5) is 5.69 Å². The fourth-order valence-electron chi connectivity index (χ4n) is 2.54. The summed E-state index contributed by atoms with van der Waals surface area (Å²) in [6.45, 7) is 11.2. The van der Waals surface area contributed by atoms with E-state index in [0.717, 1.165) is 11.4 Å². The summed E-state index contributed by atoms with van der Waals surface area (Å²) in [5.74, 6) is 0.998. The Morgan fingerprint density at radius 1 is 1.00 bits per heavy atom. The topological polar surface area (TPSA) is 21.3 Å². The molecule has 112 valence electrons. The van der Waals surface area contributed by atoms with Gasteiger partial charge >= 0.3 is 0 Å². The van der Waals surface area contributed by atoms with Crippen LogP contribution in [0.3, 0.4) is 0 Å². The Bertz CT molecular complexity index is 597. The third-order valence-electron chi connectivity index (χ3n) is 3.38. The van der Waals surface area contributed by atoms with Gasteiger partial charge in [-0.15, -0.1) is 0 Å². The maximum absolute atomic E-state index is 6.04. The van der Waals surface area contributed by atoms with Crippen molar-refractivity contribution in [2.24, 2.45) is 0 Å². The van der Waals surface area contributed by atoms with Crippen LogP contribution in [-0.2, 0) is 6.61 Å². The van der Waals surface area contributed by atoms with E-state index >= 15 is 0 Å². The first kappa shape index (κ1) is 15.4. The highest BCUT2D eigenvalue weighted by Gasteiger charge is 2.05. The minimum Gasteiger partial charge on any atom is -0.488 e. The van der Waals surface area contributed by atoms with Gasteiger partial charge in [-0.1, -0.05) is 24.3 Å². The number of hydrogen-bond donors (Lipinski definition) is 1. The van der Waals surface area contributed by atoms with E-state index in [1.165, 1.54) is 22.3 Å². The second kappa shape index (κ2) is 6.66. The molecule has 0 aliphatic heterocycles. The number of hydrogen-bond acceptors (Lipinski definition) is 2. The Kier molecular flexibility index (Phi) is 4.89. The number of ether oxygens (including phenoxy) is 1. The Labute approximate surface area is 128 Å². The van der Waals surface area contributed by atoms with E-state index in [9.17, 15) is 0 Å². The maximum Gasteiger partial charge on any atom is 0.125 e. The average Bonchev–Trinajstić information content (AvgIpc) is 2.36. The molecule has 0 spiro atoms. The fourth-order valence-corrected chi connectivity index (χ4v) is 2.54. The van der Waals surface area contributed by atoms with Crippen LogP contribution in [0, 0.1) is 20.8 Å². The standard InChI is InChI=1S/C19H25NO/c1-13(2)20-18-10-14(3)9-17(11-18)12-21-19-15(4)7-6-8-16(19)5/h6-11,13,20H,12H2,1-5H3. The van der Waals surface area contributed by atoms with Gasteiger partial charge < -0.3 is 10.1 Å². The Morgan fingerprint density at radius 3 is 2.29 bits per heavy atom. The molecule has 0 radical (unpaired) electrons. The van der Waals surface area contributed by atoms with Gasteiger partial charge in [-0.3, -0.25) is 0 Å². The van der Waals surface area contributed by atoms with Crippen molar-refractivity contribution >= 4 is 5.69 Å². The molecule has 2 heteroatoms. The third kappa shape index (κ3) is 4.25. The van der Waals surface area contributed by atoms with Crippen LogP contribution in [0.2, 0.25) is 0 Å². The van der Waals surface area contributed by atoms with Gasteiger partial charge in [0, 0.05) is 11.7 Å². The summed E-state index contributed by atoms with van der Waals surface area (Å²) in [4.78, 5) is 0. The van der Waals surface area contributed by atoms with E-state index in [1.807, 2.05) is 0 Å². The molecular weight excluding hydrogens is 258 g/mol. The summed E-state index contributed by atoms with van der Waals surface area (Å²) >= 11 is 0. The molecule has 2 nitrogen and oxygen atoms in total. The third-order valence-corrected chi connectivity index (χ3v) is 3.38. The molecule has 0 aliphatic carbocycles. The molecule has 0 heterocycles. The molecule has 0 saturated heterocycles. The first-order valence-corrected chi connectivity index (χ1v) is 7.52. The van der Waals surface area contributed by atoms with Crippen molar-refractivity contribution in [3.05, 3.63) is 58.7 Å². The SMILES string of the molecule is Cc1cc(COc2c(C)cccc2C)cc(NC(C)C)c1. The van der Waals surface area contributed by atoms with E-state index in [2.05, 4.69) is 76.3 Å². The van der Waals surface area contributed by atoms with Gasteiger partial charge in [0.1, 0.15) is 12.4 Å². The van der Waals surface area contributed by atoms with Crippen molar-refractivity contribution in [1.82, 2.24) is 0 Å². The average molecular weight is 283 g/mol. The van der Waals surface area contributed by atoms with Gasteiger partial charge in [0.25, 0.3) is 0 Å². The van der Waals surface area contributed by atoms with Gasteiger partial charge in [0.15, 0.2) is 0 Å². The van der Waals surface area contributed by atoms with Crippen LogP contribution in [0.1, 0.15) is 36.1 Å². The fraction of sp³-hybridized carbons (Fsp3) is 0.368. The molecule has 1 N–H and O–H groups in total. The molecule has 0 aliphatic rings. The van der Waals surface area contributed by atoms with Crippen molar-refractivity contribution in [1.29, 1.82) is 0 Å². The van der Waals surface area contributed by atoms with E-state index in [0.29, 0.717) is 12.6 Å². The van der Waals surface area contributed by atoms with Crippen LogP contribution < -0.4 is 10.1 Å². The lowest BCUT2D eigenvalue weighted by Crippen LogP contribution is -2.10. The second-order valence-electron chi connectivity index (χ2n) is 6.02. The molecule has 0 amide bonds.